The zero-order valence-electron chi connectivity index (χ0n) is 36.8. The molecule has 0 aliphatic heterocycles. The fourth-order valence-electron chi connectivity index (χ4n) is 5.13. The third-order valence-corrected chi connectivity index (χ3v) is 9.57. The van der Waals surface area contributed by atoms with Crippen LogP contribution in [-0.2, 0) is 32.7 Å². The summed E-state index contributed by atoms with van der Waals surface area (Å²) < 4.78 is 32.5. The SMILES string of the molecule is CCCCC/C=C\C/C=C\C/C=C\C/C=C\C/C=C\CCC(=O)O[C@H](COC(=O)CCC[C@@H](O)/C=C/C=C\C/C=C\C=C\[C@@H](O)CCCCC)COP(=O)(O)OC[C@@H](O)CO. The Morgan fingerprint density at radius 1 is 0.557 bits per heavy atom. The number of esters is 2. The number of hydrogen-bond acceptors (Lipinski definition) is 11. The number of aliphatic hydroxyl groups is 4. The van der Waals surface area contributed by atoms with E-state index in [-0.39, 0.29) is 12.8 Å². The zero-order valence-corrected chi connectivity index (χ0v) is 37.7. The number of ether oxygens (including phenoxy) is 2. The Hall–Kier alpha value is -3.45. The first-order valence-corrected chi connectivity index (χ1v) is 23.6. The van der Waals surface area contributed by atoms with Gasteiger partial charge in [-0.1, -0.05) is 155 Å². The first-order valence-electron chi connectivity index (χ1n) is 22.1. The highest BCUT2D eigenvalue weighted by molar-refractivity contribution is 7.47. The van der Waals surface area contributed by atoms with E-state index in [1.807, 2.05) is 48.6 Å². The van der Waals surface area contributed by atoms with E-state index in [4.69, 9.17) is 19.1 Å². The quantitative estimate of drug-likeness (QED) is 0.0129. The van der Waals surface area contributed by atoms with Gasteiger partial charge in [-0.3, -0.25) is 18.6 Å². The molecule has 5 atom stereocenters. The molecule has 0 fully saturated rings. The number of phosphoric ester groups is 1. The summed E-state index contributed by atoms with van der Waals surface area (Å²) in [5, 5.41) is 38.5. The molecule has 5 N–H and O–H groups in total. The molecule has 1 unspecified atom stereocenters. The average molecular weight is 877 g/mol. The molecule has 0 spiro atoms. The van der Waals surface area contributed by atoms with E-state index in [1.165, 1.54) is 19.3 Å². The van der Waals surface area contributed by atoms with Crippen molar-refractivity contribution < 1.29 is 58.0 Å². The van der Waals surface area contributed by atoms with Crippen LogP contribution < -0.4 is 0 Å². The summed E-state index contributed by atoms with van der Waals surface area (Å²) in [5.41, 5.74) is 0. The van der Waals surface area contributed by atoms with E-state index in [0.717, 1.165) is 51.4 Å². The van der Waals surface area contributed by atoms with Gasteiger partial charge in [0.2, 0.25) is 0 Å². The van der Waals surface area contributed by atoms with Crippen LogP contribution in [0, 0.1) is 0 Å². The minimum atomic E-state index is -4.70. The minimum absolute atomic E-state index is 0.00441. The number of carbonyl (C=O) groups excluding carboxylic acids is 2. The second kappa shape index (κ2) is 41.9. The van der Waals surface area contributed by atoms with Gasteiger partial charge in [0.05, 0.1) is 32.0 Å². The van der Waals surface area contributed by atoms with E-state index < -0.39 is 70.6 Å². The van der Waals surface area contributed by atoms with Gasteiger partial charge in [0, 0.05) is 12.8 Å². The predicted octanol–water partition coefficient (Wildman–Crippen LogP) is 9.72. The molecule has 12 nitrogen and oxygen atoms in total. The molecular formula is C48H77O12P. The van der Waals surface area contributed by atoms with Crippen LogP contribution in [0.4, 0.5) is 0 Å². The summed E-state index contributed by atoms with van der Waals surface area (Å²) in [6, 6.07) is 0. The zero-order chi connectivity index (χ0) is 45.1. The maximum atomic E-state index is 12.6. The molecule has 0 heterocycles. The van der Waals surface area contributed by atoms with Gasteiger partial charge in [-0.05, 0) is 70.6 Å². The van der Waals surface area contributed by atoms with Gasteiger partial charge in [0.1, 0.15) is 12.7 Å². The number of rotatable bonds is 39. The minimum Gasteiger partial charge on any atom is -0.462 e. The molecule has 0 amide bonds. The number of unbranched alkanes of at least 4 members (excludes halogenated alkanes) is 5. The Balaban J connectivity index is 4.67. The lowest BCUT2D eigenvalue weighted by molar-refractivity contribution is -0.161. The van der Waals surface area contributed by atoms with Crippen molar-refractivity contribution in [3.05, 3.63) is 109 Å². The molecule has 0 aromatic carbocycles. The van der Waals surface area contributed by atoms with Crippen LogP contribution in [0.5, 0.6) is 0 Å². The third kappa shape index (κ3) is 41.7. The summed E-state index contributed by atoms with van der Waals surface area (Å²) in [5.74, 6) is -1.26. The van der Waals surface area contributed by atoms with Crippen molar-refractivity contribution in [1.29, 1.82) is 0 Å². The highest BCUT2D eigenvalue weighted by Gasteiger charge is 2.27. The van der Waals surface area contributed by atoms with Gasteiger partial charge in [0.25, 0.3) is 0 Å². The fraction of sp³-hybridized carbons (Fsp3) is 0.583. The molecule has 0 bridgehead atoms. The standard InChI is InChI=1S/C48H77O12P/c1-3-5-7-8-9-10-11-12-13-14-15-16-17-18-19-20-24-27-31-37-48(54)60-46(42-59-61(55,56)58-40-45(52)39-49)41-57-47(53)38-32-36-44(51)35-30-26-23-21-22-25-29-34-43(50)33-28-6-4-2/h9-10,12-13,15-16,18-19,22-27,29-30,34-35,43-46,49-52H,3-8,11,14,17,20-21,28,31-33,36-42H2,1-2H3,(H,55,56)/b10-9-,13-12-,16-15-,19-18-,25-22-,26-23-,27-24-,34-29+,35-30+/t43-,44-,45-,46+/m0/s1. The average Bonchev–Trinajstić information content (AvgIpc) is 3.24. The Kier molecular flexibility index (Phi) is 39.5. The first-order chi connectivity index (χ1) is 29.5. The lowest BCUT2D eigenvalue weighted by Crippen LogP contribution is -2.29. The van der Waals surface area contributed by atoms with E-state index >= 15 is 0 Å². The van der Waals surface area contributed by atoms with E-state index in [0.29, 0.717) is 32.1 Å². The van der Waals surface area contributed by atoms with Gasteiger partial charge < -0.3 is 34.8 Å². The Labute approximate surface area is 366 Å². The van der Waals surface area contributed by atoms with Crippen molar-refractivity contribution in [2.75, 3.05) is 26.4 Å². The lowest BCUT2D eigenvalue weighted by atomic mass is 10.1. The topological polar surface area (TPSA) is 189 Å². The van der Waals surface area contributed by atoms with Crippen molar-refractivity contribution in [3.63, 3.8) is 0 Å². The number of phosphoric acid groups is 1. The second-order valence-corrected chi connectivity index (χ2v) is 15.9. The van der Waals surface area contributed by atoms with Crippen LogP contribution in [0.1, 0.15) is 129 Å². The highest BCUT2D eigenvalue weighted by atomic mass is 31.2. The molecule has 0 saturated heterocycles. The maximum Gasteiger partial charge on any atom is 0.472 e. The Bertz CT molecular complexity index is 1410. The van der Waals surface area contributed by atoms with Crippen molar-refractivity contribution in [1.82, 2.24) is 0 Å². The molecule has 0 aromatic heterocycles. The van der Waals surface area contributed by atoms with Gasteiger partial charge >= 0.3 is 19.8 Å². The summed E-state index contributed by atoms with van der Waals surface area (Å²) in [6.45, 7) is 1.88. The fourth-order valence-corrected chi connectivity index (χ4v) is 5.92. The third-order valence-electron chi connectivity index (χ3n) is 8.62. The first kappa shape index (κ1) is 57.5. The van der Waals surface area contributed by atoms with Crippen molar-refractivity contribution in [2.45, 2.75) is 154 Å². The van der Waals surface area contributed by atoms with Crippen LogP contribution in [0.2, 0.25) is 0 Å². The molecule has 0 aliphatic carbocycles. The monoisotopic (exact) mass is 877 g/mol. The summed E-state index contributed by atoms with van der Waals surface area (Å²) in [4.78, 5) is 35.0. The maximum absolute atomic E-state index is 12.6. The van der Waals surface area contributed by atoms with Crippen LogP contribution in [-0.4, -0.2) is 88.1 Å². The number of carbonyl (C=O) groups is 2. The number of allylic oxidation sites excluding steroid dienone is 16. The molecule has 0 aliphatic rings. The van der Waals surface area contributed by atoms with Crippen LogP contribution in [0.15, 0.2) is 109 Å². The Morgan fingerprint density at radius 3 is 1.61 bits per heavy atom. The molecule has 346 valence electrons. The summed E-state index contributed by atoms with van der Waals surface area (Å²) in [6.07, 6.45) is 45.6. The van der Waals surface area contributed by atoms with Gasteiger partial charge in [-0.2, -0.15) is 0 Å². The van der Waals surface area contributed by atoms with Gasteiger partial charge in [0.15, 0.2) is 6.10 Å². The van der Waals surface area contributed by atoms with Crippen LogP contribution in [0.3, 0.4) is 0 Å². The summed E-state index contributed by atoms with van der Waals surface area (Å²) >= 11 is 0. The highest BCUT2D eigenvalue weighted by Crippen LogP contribution is 2.43. The van der Waals surface area contributed by atoms with E-state index in [9.17, 15) is 34.4 Å². The van der Waals surface area contributed by atoms with E-state index in [1.54, 1.807) is 18.2 Å². The lowest BCUT2D eigenvalue weighted by Gasteiger charge is -2.20. The smallest absolute Gasteiger partial charge is 0.462 e. The second-order valence-electron chi connectivity index (χ2n) is 14.4. The van der Waals surface area contributed by atoms with Gasteiger partial charge in [-0.25, -0.2) is 4.57 Å². The summed E-state index contributed by atoms with van der Waals surface area (Å²) in [7, 11) is -4.70. The number of hydrogen-bond donors (Lipinski definition) is 5. The number of aliphatic hydroxyl groups excluding tert-OH is 4. The normalized spacial score (nSPS) is 15.9. The molecule has 0 aromatic rings. The van der Waals surface area contributed by atoms with Crippen molar-refractivity contribution >= 4 is 19.8 Å². The Morgan fingerprint density at radius 2 is 1.05 bits per heavy atom. The van der Waals surface area contributed by atoms with Crippen LogP contribution in [0.25, 0.3) is 0 Å². The molecule has 0 saturated carbocycles. The predicted molar refractivity (Wildman–Crippen MR) is 244 cm³/mol. The van der Waals surface area contributed by atoms with Gasteiger partial charge in [-0.15, -0.1) is 0 Å². The molecule has 0 rings (SSSR count). The molecule has 13 heteroatoms. The van der Waals surface area contributed by atoms with Crippen LogP contribution >= 0.6 is 7.82 Å². The van der Waals surface area contributed by atoms with Crippen molar-refractivity contribution in [3.8, 4) is 0 Å². The molecule has 61 heavy (non-hydrogen) atoms. The largest absolute Gasteiger partial charge is 0.472 e. The van der Waals surface area contributed by atoms with E-state index in [2.05, 4.69) is 60.9 Å². The molecular weight excluding hydrogens is 799 g/mol. The molecule has 0 radical (unpaired) electrons. The van der Waals surface area contributed by atoms with Crippen molar-refractivity contribution in [2.24, 2.45) is 0 Å².